The van der Waals surface area contributed by atoms with Crippen LogP contribution in [0.25, 0.3) is 0 Å². The van der Waals surface area contributed by atoms with Gasteiger partial charge in [0.2, 0.25) is 5.91 Å². The maximum atomic E-state index is 13.2. The average molecular weight is 223 g/mol. The first-order valence-electron chi connectivity index (χ1n) is 5.41. The first-order valence-corrected chi connectivity index (χ1v) is 5.41. The molecular weight excluding hydrogens is 209 g/mol. The maximum Gasteiger partial charge on any atom is 0.227 e. The summed E-state index contributed by atoms with van der Waals surface area (Å²) in [5, 5.41) is 2.54. The second-order valence-corrected chi connectivity index (χ2v) is 3.87. The van der Waals surface area contributed by atoms with Crippen LogP contribution in [0.1, 0.15) is 19.3 Å². The van der Waals surface area contributed by atoms with E-state index in [9.17, 15) is 9.18 Å². The largest absolute Gasteiger partial charge is 0.378 e. The van der Waals surface area contributed by atoms with Crippen LogP contribution < -0.4 is 5.32 Å². The minimum atomic E-state index is -0.414. The zero-order chi connectivity index (χ0) is 11.4. The SMILES string of the molecule is O=C(CC1CCCO1)Nc1ccccc1F. The fourth-order valence-electron chi connectivity index (χ4n) is 1.78. The van der Waals surface area contributed by atoms with E-state index in [-0.39, 0.29) is 17.7 Å². The number of benzene rings is 1. The molecule has 2 rings (SSSR count). The fraction of sp³-hybridized carbons (Fsp3) is 0.417. The van der Waals surface area contributed by atoms with Gasteiger partial charge in [-0.25, -0.2) is 4.39 Å². The van der Waals surface area contributed by atoms with E-state index in [1.807, 2.05) is 0 Å². The van der Waals surface area contributed by atoms with Crippen molar-refractivity contribution in [2.24, 2.45) is 0 Å². The molecule has 1 aliphatic heterocycles. The Morgan fingerprint density at radius 1 is 1.50 bits per heavy atom. The van der Waals surface area contributed by atoms with E-state index in [1.54, 1.807) is 18.2 Å². The number of amides is 1. The number of ether oxygens (including phenoxy) is 1. The second-order valence-electron chi connectivity index (χ2n) is 3.87. The maximum absolute atomic E-state index is 13.2. The molecule has 3 nitrogen and oxygen atoms in total. The van der Waals surface area contributed by atoms with E-state index in [0.29, 0.717) is 6.42 Å². The summed E-state index contributed by atoms with van der Waals surface area (Å²) in [5.74, 6) is -0.611. The van der Waals surface area contributed by atoms with Crippen molar-refractivity contribution >= 4 is 11.6 Å². The molecule has 4 heteroatoms. The topological polar surface area (TPSA) is 38.3 Å². The number of para-hydroxylation sites is 1. The Morgan fingerprint density at radius 3 is 3.00 bits per heavy atom. The second kappa shape index (κ2) is 5.07. The lowest BCUT2D eigenvalue weighted by Crippen LogP contribution is -2.19. The molecule has 0 bridgehead atoms. The van der Waals surface area contributed by atoms with Crippen LogP contribution in [0.5, 0.6) is 0 Å². The summed E-state index contributed by atoms with van der Waals surface area (Å²) in [4.78, 5) is 11.6. The fourth-order valence-corrected chi connectivity index (χ4v) is 1.78. The molecule has 0 radical (unpaired) electrons. The highest BCUT2D eigenvalue weighted by Crippen LogP contribution is 2.17. The Labute approximate surface area is 93.6 Å². The molecule has 0 aliphatic carbocycles. The van der Waals surface area contributed by atoms with Gasteiger partial charge in [0.1, 0.15) is 5.82 Å². The van der Waals surface area contributed by atoms with Crippen LogP contribution in [-0.2, 0) is 9.53 Å². The van der Waals surface area contributed by atoms with E-state index < -0.39 is 5.82 Å². The van der Waals surface area contributed by atoms with Crippen molar-refractivity contribution in [2.75, 3.05) is 11.9 Å². The summed E-state index contributed by atoms with van der Waals surface area (Å²) >= 11 is 0. The van der Waals surface area contributed by atoms with Crippen molar-refractivity contribution in [3.8, 4) is 0 Å². The summed E-state index contributed by atoms with van der Waals surface area (Å²) in [6, 6.07) is 6.14. The molecule has 1 amide bonds. The minimum absolute atomic E-state index is 0.00762. The third-order valence-electron chi connectivity index (χ3n) is 2.59. The Kier molecular flexibility index (Phi) is 3.51. The van der Waals surface area contributed by atoms with Gasteiger partial charge in [-0.05, 0) is 25.0 Å². The lowest BCUT2D eigenvalue weighted by atomic mass is 10.2. The lowest BCUT2D eigenvalue weighted by molar-refractivity contribution is -0.118. The molecule has 0 aromatic heterocycles. The molecule has 1 unspecified atom stereocenters. The number of hydrogen-bond donors (Lipinski definition) is 1. The minimum Gasteiger partial charge on any atom is -0.378 e. The molecule has 1 aromatic rings. The Balaban J connectivity index is 1.89. The zero-order valence-corrected chi connectivity index (χ0v) is 8.91. The summed E-state index contributed by atoms with van der Waals surface area (Å²) in [6.07, 6.45) is 2.20. The van der Waals surface area contributed by atoms with Gasteiger partial charge in [-0.1, -0.05) is 12.1 Å². The van der Waals surface area contributed by atoms with Gasteiger partial charge in [0.15, 0.2) is 0 Å². The van der Waals surface area contributed by atoms with E-state index in [4.69, 9.17) is 4.74 Å². The van der Waals surface area contributed by atoms with Crippen molar-refractivity contribution in [1.82, 2.24) is 0 Å². The number of carbonyl (C=O) groups excluding carboxylic acids is 1. The molecule has 1 aromatic carbocycles. The van der Waals surface area contributed by atoms with E-state index in [2.05, 4.69) is 5.32 Å². The molecular formula is C12H14FNO2. The Hall–Kier alpha value is -1.42. The summed E-state index contributed by atoms with van der Waals surface area (Å²) in [5.41, 5.74) is 0.227. The quantitative estimate of drug-likeness (QED) is 0.854. The average Bonchev–Trinajstić information content (AvgIpc) is 2.74. The molecule has 1 heterocycles. The van der Waals surface area contributed by atoms with Gasteiger partial charge in [0.25, 0.3) is 0 Å². The van der Waals surface area contributed by atoms with Crippen molar-refractivity contribution in [1.29, 1.82) is 0 Å². The van der Waals surface area contributed by atoms with Crippen molar-refractivity contribution in [3.63, 3.8) is 0 Å². The highest BCUT2D eigenvalue weighted by atomic mass is 19.1. The molecule has 1 saturated heterocycles. The molecule has 86 valence electrons. The monoisotopic (exact) mass is 223 g/mol. The van der Waals surface area contributed by atoms with Gasteiger partial charge in [-0.3, -0.25) is 4.79 Å². The third kappa shape index (κ3) is 2.79. The van der Waals surface area contributed by atoms with E-state index >= 15 is 0 Å². The van der Waals surface area contributed by atoms with Crippen LogP contribution in [0.3, 0.4) is 0 Å². The van der Waals surface area contributed by atoms with Crippen LogP contribution in [0.15, 0.2) is 24.3 Å². The number of nitrogens with one attached hydrogen (secondary N) is 1. The standard InChI is InChI=1S/C12H14FNO2/c13-10-5-1-2-6-11(10)14-12(15)8-9-4-3-7-16-9/h1-2,5-6,9H,3-4,7-8H2,(H,14,15). The normalized spacial score (nSPS) is 19.7. The first-order chi connectivity index (χ1) is 7.75. The van der Waals surface area contributed by atoms with Crippen molar-refractivity contribution in [2.45, 2.75) is 25.4 Å². The van der Waals surface area contributed by atoms with Crippen LogP contribution in [0.2, 0.25) is 0 Å². The molecule has 1 aliphatic rings. The Bertz CT molecular complexity index is 375. The van der Waals surface area contributed by atoms with Gasteiger partial charge in [-0.2, -0.15) is 0 Å². The number of hydrogen-bond acceptors (Lipinski definition) is 2. The van der Waals surface area contributed by atoms with Crippen molar-refractivity contribution in [3.05, 3.63) is 30.1 Å². The predicted molar refractivity (Wildman–Crippen MR) is 58.6 cm³/mol. The third-order valence-corrected chi connectivity index (χ3v) is 2.59. The summed E-state index contributed by atoms with van der Waals surface area (Å²) in [6.45, 7) is 0.720. The first kappa shape index (κ1) is 11.1. The molecule has 1 atom stereocenters. The van der Waals surface area contributed by atoms with Gasteiger partial charge in [-0.15, -0.1) is 0 Å². The zero-order valence-electron chi connectivity index (χ0n) is 8.91. The molecule has 1 fully saturated rings. The van der Waals surface area contributed by atoms with Gasteiger partial charge >= 0.3 is 0 Å². The molecule has 0 saturated carbocycles. The van der Waals surface area contributed by atoms with Gasteiger partial charge in [0.05, 0.1) is 18.2 Å². The van der Waals surface area contributed by atoms with Crippen LogP contribution in [-0.4, -0.2) is 18.6 Å². The molecule has 16 heavy (non-hydrogen) atoms. The van der Waals surface area contributed by atoms with E-state index in [0.717, 1.165) is 19.4 Å². The van der Waals surface area contributed by atoms with Crippen LogP contribution >= 0.6 is 0 Å². The summed E-state index contributed by atoms with van der Waals surface area (Å²) < 4.78 is 18.6. The van der Waals surface area contributed by atoms with Gasteiger partial charge < -0.3 is 10.1 Å². The number of halogens is 1. The number of carbonyl (C=O) groups is 1. The van der Waals surface area contributed by atoms with E-state index in [1.165, 1.54) is 6.07 Å². The molecule has 1 N–H and O–H groups in total. The number of rotatable bonds is 3. The smallest absolute Gasteiger partial charge is 0.227 e. The highest BCUT2D eigenvalue weighted by molar-refractivity contribution is 5.91. The molecule has 0 spiro atoms. The number of anilines is 1. The van der Waals surface area contributed by atoms with Crippen molar-refractivity contribution < 1.29 is 13.9 Å². The Morgan fingerprint density at radius 2 is 2.31 bits per heavy atom. The van der Waals surface area contributed by atoms with Crippen LogP contribution in [0, 0.1) is 5.82 Å². The predicted octanol–water partition coefficient (Wildman–Crippen LogP) is 2.33. The summed E-state index contributed by atoms with van der Waals surface area (Å²) in [7, 11) is 0. The lowest BCUT2D eigenvalue weighted by Gasteiger charge is -2.10. The highest BCUT2D eigenvalue weighted by Gasteiger charge is 2.19. The van der Waals surface area contributed by atoms with Gasteiger partial charge in [0, 0.05) is 6.61 Å². The van der Waals surface area contributed by atoms with Crippen LogP contribution in [0.4, 0.5) is 10.1 Å².